The Bertz CT molecular complexity index is 1300. The third-order valence-electron chi connectivity index (χ3n) is 11.8. The second-order valence-corrected chi connectivity index (χ2v) is 21.0. The van der Waals surface area contributed by atoms with E-state index in [1.165, 1.54) is 135 Å². The Morgan fingerprint density at radius 2 is 0.866 bits per heavy atom. The minimum Gasteiger partial charge on any atom is -0.457 e. The molecule has 0 aliphatic rings. The second kappa shape index (κ2) is 50.3. The first-order valence-electron chi connectivity index (χ1n) is 27.7. The molecule has 0 aliphatic heterocycles. The summed E-state index contributed by atoms with van der Waals surface area (Å²) in [6.45, 7) is 5.49. The summed E-state index contributed by atoms with van der Waals surface area (Å²) >= 11 is 0. The molecule has 0 rings (SSSR count). The number of allylic oxidation sites excluding steroid dienone is 12. The molecular weight excluding hydrogens is 854 g/mol. The molecule has 67 heavy (non-hydrogen) atoms. The third-order valence-corrected chi connectivity index (χ3v) is 12.7. The van der Waals surface area contributed by atoms with Crippen molar-refractivity contribution < 1.29 is 37.3 Å². The van der Waals surface area contributed by atoms with Crippen LogP contribution in [0.5, 0.6) is 0 Å². The molecule has 0 saturated heterocycles. The van der Waals surface area contributed by atoms with Crippen molar-refractivity contribution in [3.63, 3.8) is 0 Å². The molecule has 0 aromatic rings. The van der Waals surface area contributed by atoms with Gasteiger partial charge in [-0.3, -0.25) is 13.8 Å². The van der Waals surface area contributed by atoms with Gasteiger partial charge in [0.2, 0.25) is 0 Å². The number of phosphoric acid groups is 1. The van der Waals surface area contributed by atoms with E-state index in [4.69, 9.17) is 18.5 Å². The number of hydrogen-bond donors (Lipinski definition) is 1. The van der Waals surface area contributed by atoms with E-state index in [0.29, 0.717) is 24.1 Å². The molecule has 8 nitrogen and oxygen atoms in total. The molecule has 0 aliphatic carbocycles. The van der Waals surface area contributed by atoms with Gasteiger partial charge in [-0.15, -0.1) is 0 Å². The maximum absolute atomic E-state index is 12.8. The highest BCUT2D eigenvalue weighted by Gasteiger charge is 2.26. The Labute approximate surface area is 414 Å². The van der Waals surface area contributed by atoms with Gasteiger partial charge in [-0.1, -0.05) is 215 Å². The Morgan fingerprint density at radius 3 is 1.31 bits per heavy atom. The van der Waals surface area contributed by atoms with Crippen LogP contribution in [0, 0.1) is 0 Å². The molecule has 0 spiro atoms. The number of rotatable bonds is 51. The molecule has 0 aromatic heterocycles. The molecule has 0 fully saturated rings. The Hall–Kier alpha value is -2.06. The average Bonchev–Trinajstić information content (AvgIpc) is 3.29. The van der Waals surface area contributed by atoms with Crippen LogP contribution in [-0.2, 0) is 27.9 Å². The summed E-state index contributed by atoms with van der Waals surface area (Å²) in [6.07, 6.45) is 66.7. The lowest BCUT2D eigenvalue weighted by molar-refractivity contribution is -0.870. The molecule has 1 N–H and O–H groups in total. The van der Waals surface area contributed by atoms with Gasteiger partial charge >= 0.3 is 13.8 Å². The van der Waals surface area contributed by atoms with Gasteiger partial charge in [-0.2, -0.15) is 0 Å². The van der Waals surface area contributed by atoms with E-state index in [1.54, 1.807) is 0 Å². The molecule has 9 heteroatoms. The highest BCUT2D eigenvalue weighted by atomic mass is 31.2. The largest absolute Gasteiger partial charge is 0.472 e. The summed E-state index contributed by atoms with van der Waals surface area (Å²) in [5, 5.41) is 0. The van der Waals surface area contributed by atoms with Crippen molar-refractivity contribution in [1.29, 1.82) is 0 Å². The second-order valence-electron chi connectivity index (χ2n) is 19.6. The van der Waals surface area contributed by atoms with Gasteiger partial charge < -0.3 is 18.9 Å². The predicted octanol–water partition coefficient (Wildman–Crippen LogP) is 17.4. The molecule has 0 heterocycles. The lowest BCUT2D eigenvalue weighted by atomic mass is 10.0. The number of phosphoric ester groups is 1. The summed E-state index contributed by atoms with van der Waals surface area (Å²) < 4.78 is 35.2. The number of esters is 1. The van der Waals surface area contributed by atoms with Gasteiger partial charge in [-0.25, -0.2) is 4.57 Å². The molecule has 0 amide bonds. The zero-order valence-electron chi connectivity index (χ0n) is 44.4. The topological polar surface area (TPSA) is 91.3 Å². The van der Waals surface area contributed by atoms with Gasteiger partial charge in [0.25, 0.3) is 0 Å². The van der Waals surface area contributed by atoms with E-state index in [1.807, 2.05) is 21.1 Å². The van der Waals surface area contributed by atoms with E-state index in [2.05, 4.69) is 86.8 Å². The van der Waals surface area contributed by atoms with Crippen LogP contribution in [0.15, 0.2) is 72.9 Å². The first-order chi connectivity index (χ1) is 32.6. The molecule has 0 aromatic carbocycles. The van der Waals surface area contributed by atoms with Crippen LogP contribution in [0.2, 0.25) is 0 Å². The first kappa shape index (κ1) is 64.9. The third kappa shape index (κ3) is 54.7. The van der Waals surface area contributed by atoms with Crippen LogP contribution >= 0.6 is 7.82 Å². The van der Waals surface area contributed by atoms with Gasteiger partial charge in [0.15, 0.2) is 0 Å². The van der Waals surface area contributed by atoms with Crippen molar-refractivity contribution in [2.75, 3.05) is 54.1 Å². The molecule has 0 radical (unpaired) electrons. The molecular formula is C58H107NO7P+. The van der Waals surface area contributed by atoms with E-state index < -0.39 is 13.9 Å². The maximum atomic E-state index is 12.8. The van der Waals surface area contributed by atoms with E-state index >= 15 is 0 Å². The predicted molar refractivity (Wildman–Crippen MR) is 288 cm³/mol. The number of ether oxygens (including phenoxy) is 2. The van der Waals surface area contributed by atoms with Crippen LogP contribution in [0.1, 0.15) is 232 Å². The maximum Gasteiger partial charge on any atom is 0.472 e. The Morgan fingerprint density at radius 1 is 0.478 bits per heavy atom. The van der Waals surface area contributed by atoms with Gasteiger partial charge in [0.05, 0.1) is 34.4 Å². The zero-order chi connectivity index (χ0) is 49.0. The molecule has 2 atom stereocenters. The normalized spacial score (nSPS) is 14.1. The molecule has 390 valence electrons. The smallest absolute Gasteiger partial charge is 0.457 e. The SMILES string of the molecule is CC/C=C\C/C=C\C/C=C\C/C=C\C/C=C\CCCCCCCCOCC(COP(=O)(O)OCC[N+](C)(C)C)OC(=O)CCCCCCCCCCCCC/C=C\CCCCCCCCCC. The van der Waals surface area contributed by atoms with Gasteiger partial charge in [-0.05, 0) is 83.5 Å². The highest BCUT2D eigenvalue weighted by Crippen LogP contribution is 2.43. The van der Waals surface area contributed by atoms with Crippen molar-refractivity contribution in [2.24, 2.45) is 0 Å². The van der Waals surface area contributed by atoms with Gasteiger partial charge in [0, 0.05) is 13.0 Å². The number of hydrogen-bond acceptors (Lipinski definition) is 6. The Balaban J connectivity index is 4.14. The van der Waals surface area contributed by atoms with Crippen LogP contribution < -0.4 is 0 Å². The highest BCUT2D eigenvalue weighted by molar-refractivity contribution is 7.47. The summed E-state index contributed by atoms with van der Waals surface area (Å²) in [5.74, 6) is -0.320. The minimum atomic E-state index is -4.29. The van der Waals surface area contributed by atoms with Crippen LogP contribution in [0.4, 0.5) is 0 Å². The van der Waals surface area contributed by atoms with Crippen molar-refractivity contribution in [1.82, 2.24) is 0 Å². The number of likely N-dealkylation sites (N-methyl/N-ethyl adjacent to an activating group) is 1. The van der Waals surface area contributed by atoms with Crippen molar-refractivity contribution in [3.8, 4) is 0 Å². The molecule has 2 unspecified atom stereocenters. The fourth-order valence-electron chi connectivity index (χ4n) is 7.52. The first-order valence-corrected chi connectivity index (χ1v) is 29.2. The number of unbranched alkanes of at least 4 members (excludes halogenated alkanes) is 25. The number of nitrogens with zero attached hydrogens (tertiary/aromatic N) is 1. The van der Waals surface area contributed by atoms with Crippen LogP contribution in [0.3, 0.4) is 0 Å². The van der Waals surface area contributed by atoms with E-state index in [-0.39, 0.29) is 25.8 Å². The quantitative estimate of drug-likeness (QED) is 0.0213. The lowest BCUT2D eigenvalue weighted by Crippen LogP contribution is -2.37. The lowest BCUT2D eigenvalue weighted by Gasteiger charge is -2.24. The fraction of sp³-hybridized carbons (Fsp3) is 0.776. The zero-order valence-corrected chi connectivity index (χ0v) is 45.3. The van der Waals surface area contributed by atoms with E-state index in [9.17, 15) is 14.3 Å². The summed E-state index contributed by atoms with van der Waals surface area (Å²) in [6, 6.07) is 0. The standard InChI is InChI=1S/C58H106NO7P/c1-6-8-10-12-14-16-18-20-22-24-26-28-30-31-33-35-37-39-41-43-45-47-49-51-58(60)66-57(56-65-67(61,62)64-54-52-59(3,4)5)55-63-53-50-48-46-44-42-40-38-36-34-32-29-27-25-23-21-19-17-15-13-11-9-7-2/h9,11,15,17,21,23-24,26-27,29,34,36,57H,6-8,10,12-14,16,18-20,22,25,28,30-33,35,37-56H2,1-5H3/p+1/b11-9-,17-15-,23-21-,26-24-,29-27-,36-34-. The average molecular weight is 961 g/mol. The summed E-state index contributed by atoms with van der Waals surface area (Å²) in [5.41, 5.74) is 0. The molecule has 0 bridgehead atoms. The molecule has 0 saturated carbocycles. The number of carbonyl (C=O) groups excluding carboxylic acids is 1. The summed E-state index contributed by atoms with van der Waals surface area (Å²) in [7, 11) is 1.65. The number of carbonyl (C=O) groups is 1. The van der Waals surface area contributed by atoms with Crippen LogP contribution in [-0.4, -0.2) is 75.6 Å². The van der Waals surface area contributed by atoms with Gasteiger partial charge in [0.1, 0.15) is 19.3 Å². The monoisotopic (exact) mass is 961 g/mol. The Kier molecular flexibility index (Phi) is 48.8. The minimum absolute atomic E-state index is 0.0825. The fourth-order valence-corrected chi connectivity index (χ4v) is 8.26. The summed E-state index contributed by atoms with van der Waals surface area (Å²) in [4.78, 5) is 23.1. The van der Waals surface area contributed by atoms with Crippen molar-refractivity contribution >= 4 is 13.8 Å². The van der Waals surface area contributed by atoms with Crippen LogP contribution in [0.25, 0.3) is 0 Å². The van der Waals surface area contributed by atoms with Crippen molar-refractivity contribution in [2.45, 2.75) is 238 Å². The van der Waals surface area contributed by atoms with Crippen molar-refractivity contribution in [3.05, 3.63) is 72.9 Å². The van der Waals surface area contributed by atoms with E-state index in [0.717, 1.165) is 77.0 Å². The number of quaternary nitrogens is 1.